The molecule has 2 rings (SSSR count). The summed E-state index contributed by atoms with van der Waals surface area (Å²) in [5, 5.41) is 10.2. The Balaban J connectivity index is 1.86. The van der Waals surface area contributed by atoms with E-state index in [0.29, 0.717) is 18.8 Å². The Hall–Kier alpha value is -1.82. The number of halogens is 3. The zero-order chi connectivity index (χ0) is 21.6. The van der Waals surface area contributed by atoms with Crippen molar-refractivity contribution in [1.82, 2.24) is 25.2 Å². The number of nitrogens with one attached hydrogen (secondary N) is 1. The van der Waals surface area contributed by atoms with Gasteiger partial charge in [-0.2, -0.15) is 24.9 Å². The summed E-state index contributed by atoms with van der Waals surface area (Å²) in [5.41, 5.74) is 0.424. The number of ether oxygens (including phenoxy) is 1. The molecule has 0 spiro atoms. The van der Waals surface area contributed by atoms with Crippen LogP contribution in [-0.4, -0.2) is 75.2 Å². The van der Waals surface area contributed by atoms with Crippen molar-refractivity contribution in [1.29, 1.82) is 0 Å². The van der Waals surface area contributed by atoms with E-state index < -0.39 is 24.6 Å². The van der Waals surface area contributed by atoms with Crippen molar-refractivity contribution in [2.24, 2.45) is 0 Å². The minimum atomic E-state index is -4.60. The molecule has 1 saturated heterocycles. The van der Waals surface area contributed by atoms with E-state index in [2.05, 4.69) is 20.4 Å². The molecule has 2 unspecified atom stereocenters. The lowest BCUT2D eigenvalue weighted by atomic mass is 10.2. The number of aromatic nitrogens is 3. The molecule has 12 heteroatoms. The molecule has 29 heavy (non-hydrogen) atoms. The molecule has 1 N–H and O–H groups in total. The zero-order valence-corrected chi connectivity index (χ0v) is 17.4. The fourth-order valence-electron chi connectivity index (χ4n) is 3.14. The first-order valence-electron chi connectivity index (χ1n) is 9.24. The Bertz CT molecular complexity index is 700. The molecule has 0 bridgehead atoms. The number of rotatable bonds is 9. The second kappa shape index (κ2) is 10.3. The molecule has 0 radical (unpaired) electrons. The molecule has 8 nitrogen and oxygen atoms in total. The molecule has 1 aliphatic rings. The van der Waals surface area contributed by atoms with E-state index in [1.54, 1.807) is 10.9 Å². The monoisotopic (exact) mass is 437 g/mol. The van der Waals surface area contributed by atoms with Crippen LogP contribution in [0.3, 0.4) is 0 Å². The normalized spacial score (nSPS) is 19.2. The molecule has 1 fully saturated rings. The number of hydrogen-bond acceptors (Lipinski definition) is 6. The van der Waals surface area contributed by atoms with Crippen LogP contribution < -0.4 is 5.32 Å². The Morgan fingerprint density at radius 2 is 2.17 bits per heavy atom. The van der Waals surface area contributed by atoms with Crippen LogP contribution in [0.4, 0.5) is 13.2 Å². The fourth-order valence-corrected chi connectivity index (χ4v) is 3.47. The second-order valence-electron chi connectivity index (χ2n) is 6.88. The predicted octanol–water partition coefficient (Wildman–Crippen LogP) is 1.60. The van der Waals surface area contributed by atoms with E-state index in [-0.39, 0.29) is 23.7 Å². The topological polar surface area (TPSA) is 89.4 Å². The SMILES string of the molecule is COC(CC(=O)NCc1cn(C[C@@H]2CCCN2C(=O)C(C)SC)nn1)C(F)(F)F. The number of methoxy groups -OCH3 is 1. The van der Waals surface area contributed by atoms with Crippen LogP contribution >= 0.6 is 11.8 Å². The highest BCUT2D eigenvalue weighted by Gasteiger charge is 2.41. The number of carbonyl (C=O) groups excluding carboxylic acids is 2. The summed E-state index contributed by atoms with van der Waals surface area (Å²) < 4.78 is 43.8. The molecule has 1 aromatic rings. The van der Waals surface area contributed by atoms with Crippen LogP contribution in [0.15, 0.2) is 6.20 Å². The molecular formula is C17H26F3N5O3S. The smallest absolute Gasteiger partial charge is 0.371 e. The Kier molecular flexibility index (Phi) is 8.32. The van der Waals surface area contributed by atoms with Gasteiger partial charge in [-0.1, -0.05) is 5.21 Å². The standard InChI is InChI=1S/C17H26F3N5O3S/c1-11(29-3)16(27)25-6-4-5-13(25)10-24-9-12(22-23-24)8-21-15(26)7-14(28-2)17(18,19)20/h9,11,13-14H,4-8,10H2,1-3H3,(H,21,26)/t11?,13-,14?/m0/s1. The van der Waals surface area contributed by atoms with Crippen LogP contribution in [0, 0.1) is 0 Å². The van der Waals surface area contributed by atoms with Gasteiger partial charge in [0.15, 0.2) is 6.10 Å². The molecule has 0 aliphatic carbocycles. The van der Waals surface area contributed by atoms with E-state index in [9.17, 15) is 22.8 Å². The van der Waals surface area contributed by atoms with Crippen molar-refractivity contribution in [3.8, 4) is 0 Å². The molecule has 2 amide bonds. The molecular weight excluding hydrogens is 411 g/mol. The average molecular weight is 437 g/mol. The van der Waals surface area contributed by atoms with Gasteiger partial charge >= 0.3 is 6.18 Å². The minimum Gasteiger partial charge on any atom is -0.371 e. The molecule has 2 heterocycles. The molecule has 164 valence electrons. The predicted molar refractivity (Wildman–Crippen MR) is 101 cm³/mol. The van der Waals surface area contributed by atoms with E-state index in [4.69, 9.17) is 0 Å². The molecule has 0 aromatic carbocycles. The number of likely N-dealkylation sites (tertiary alicyclic amines) is 1. The van der Waals surface area contributed by atoms with Crippen LogP contribution in [0.5, 0.6) is 0 Å². The summed E-state index contributed by atoms with van der Waals surface area (Å²) in [6.45, 7) is 3.04. The van der Waals surface area contributed by atoms with Crippen molar-refractivity contribution < 1.29 is 27.5 Å². The van der Waals surface area contributed by atoms with Crippen molar-refractivity contribution >= 4 is 23.6 Å². The minimum absolute atomic E-state index is 0.0236. The summed E-state index contributed by atoms with van der Waals surface area (Å²) in [6.07, 6.45) is -2.25. The van der Waals surface area contributed by atoms with Gasteiger partial charge in [0.25, 0.3) is 0 Å². The molecule has 1 aromatic heterocycles. The van der Waals surface area contributed by atoms with Gasteiger partial charge in [0.1, 0.15) is 5.69 Å². The third-order valence-corrected chi connectivity index (χ3v) is 5.74. The van der Waals surface area contributed by atoms with E-state index in [0.717, 1.165) is 20.0 Å². The summed E-state index contributed by atoms with van der Waals surface area (Å²) in [4.78, 5) is 26.1. The van der Waals surface area contributed by atoms with Gasteiger partial charge < -0.3 is 15.0 Å². The quantitative estimate of drug-likeness (QED) is 0.631. The summed E-state index contributed by atoms with van der Waals surface area (Å²) in [5.74, 6) is -0.688. The zero-order valence-electron chi connectivity index (χ0n) is 16.6. The highest BCUT2D eigenvalue weighted by molar-refractivity contribution is 7.99. The second-order valence-corrected chi connectivity index (χ2v) is 8.06. The first-order chi connectivity index (χ1) is 13.7. The van der Waals surface area contributed by atoms with Crippen LogP contribution in [0.2, 0.25) is 0 Å². The summed E-state index contributed by atoms with van der Waals surface area (Å²) >= 11 is 1.50. The number of carbonyl (C=O) groups is 2. The van der Waals surface area contributed by atoms with Crippen LogP contribution in [0.25, 0.3) is 0 Å². The summed E-state index contributed by atoms with van der Waals surface area (Å²) in [7, 11) is 0.911. The lowest BCUT2D eigenvalue weighted by Gasteiger charge is -2.26. The van der Waals surface area contributed by atoms with Crippen molar-refractivity contribution in [3.63, 3.8) is 0 Å². The van der Waals surface area contributed by atoms with Gasteiger partial charge in [-0.15, -0.1) is 5.10 Å². The van der Waals surface area contributed by atoms with Gasteiger partial charge in [0, 0.05) is 13.7 Å². The third-order valence-electron chi connectivity index (χ3n) is 4.83. The van der Waals surface area contributed by atoms with Crippen molar-refractivity contribution in [2.45, 2.75) is 62.8 Å². The Labute approximate surface area is 171 Å². The highest BCUT2D eigenvalue weighted by atomic mass is 32.2. The van der Waals surface area contributed by atoms with Crippen molar-refractivity contribution in [2.75, 3.05) is 19.9 Å². The van der Waals surface area contributed by atoms with Gasteiger partial charge in [-0.3, -0.25) is 14.3 Å². The number of thioether (sulfide) groups is 1. The largest absolute Gasteiger partial charge is 0.415 e. The lowest BCUT2D eigenvalue weighted by molar-refractivity contribution is -0.214. The molecule has 0 saturated carbocycles. The van der Waals surface area contributed by atoms with Gasteiger partial charge in [0.2, 0.25) is 11.8 Å². The first-order valence-corrected chi connectivity index (χ1v) is 10.5. The molecule has 3 atom stereocenters. The Morgan fingerprint density at radius 3 is 2.79 bits per heavy atom. The summed E-state index contributed by atoms with van der Waals surface area (Å²) in [6, 6.07) is 0.0236. The fraction of sp³-hybridized carbons (Fsp3) is 0.765. The van der Waals surface area contributed by atoms with Crippen molar-refractivity contribution in [3.05, 3.63) is 11.9 Å². The lowest BCUT2D eigenvalue weighted by Crippen LogP contribution is -2.42. The molecule has 1 aliphatic heterocycles. The Morgan fingerprint density at radius 1 is 1.45 bits per heavy atom. The van der Waals surface area contributed by atoms with E-state index >= 15 is 0 Å². The number of hydrogen-bond donors (Lipinski definition) is 1. The van der Waals surface area contributed by atoms with Crippen LogP contribution in [0.1, 0.15) is 31.9 Å². The number of nitrogens with zero attached hydrogens (tertiary/aromatic N) is 4. The maximum atomic E-state index is 12.6. The number of alkyl halides is 3. The van der Waals surface area contributed by atoms with Gasteiger partial charge in [0.05, 0.1) is 37.0 Å². The van der Waals surface area contributed by atoms with Gasteiger partial charge in [-0.05, 0) is 26.0 Å². The third kappa shape index (κ3) is 6.59. The van der Waals surface area contributed by atoms with E-state index in [1.807, 2.05) is 18.1 Å². The highest BCUT2D eigenvalue weighted by Crippen LogP contribution is 2.25. The van der Waals surface area contributed by atoms with Crippen LogP contribution in [-0.2, 0) is 27.4 Å². The van der Waals surface area contributed by atoms with Gasteiger partial charge in [-0.25, -0.2) is 0 Å². The number of amides is 2. The first kappa shape index (κ1) is 23.5. The maximum absolute atomic E-state index is 12.6. The average Bonchev–Trinajstić information content (AvgIpc) is 3.32. The maximum Gasteiger partial charge on any atom is 0.415 e. The van der Waals surface area contributed by atoms with E-state index in [1.165, 1.54) is 11.8 Å².